The molecule has 1 fully saturated rings. The minimum Gasteiger partial charge on any atom is -0.376 e. The van der Waals surface area contributed by atoms with Crippen molar-refractivity contribution in [1.82, 2.24) is 0 Å². The summed E-state index contributed by atoms with van der Waals surface area (Å²) >= 11 is 5.96. The van der Waals surface area contributed by atoms with Crippen LogP contribution in [0.5, 0.6) is 0 Å². The molecular formula is C14H20ClNO. The van der Waals surface area contributed by atoms with Crippen molar-refractivity contribution in [2.24, 2.45) is 0 Å². The number of hydrogen-bond acceptors (Lipinski definition) is 2. The second kappa shape index (κ2) is 6.27. The predicted molar refractivity (Wildman–Crippen MR) is 72.9 cm³/mol. The molecule has 1 aliphatic heterocycles. The number of likely N-dealkylation sites (N-methyl/N-ethyl adjacent to an activating group) is 1. The Hall–Kier alpha value is -0.730. The molecule has 1 aliphatic rings. The SMILES string of the molecule is CN(CC1CCCCO1)c1ccccc1CCl. The van der Waals surface area contributed by atoms with Crippen molar-refractivity contribution in [2.45, 2.75) is 31.2 Å². The van der Waals surface area contributed by atoms with Gasteiger partial charge in [0.2, 0.25) is 0 Å². The summed E-state index contributed by atoms with van der Waals surface area (Å²) in [4.78, 5) is 2.26. The molecule has 3 heteroatoms. The van der Waals surface area contributed by atoms with Crippen LogP contribution in [0, 0.1) is 0 Å². The minimum absolute atomic E-state index is 0.372. The Morgan fingerprint density at radius 3 is 2.88 bits per heavy atom. The molecule has 2 nitrogen and oxygen atoms in total. The van der Waals surface area contributed by atoms with Crippen molar-refractivity contribution in [3.8, 4) is 0 Å². The molecule has 17 heavy (non-hydrogen) atoms. The van der Waals surface area contributed by atoms with Gasteiger partial charge in [0, 0.05) is 31.8 Å². The molecule has 1 heterocycles. The van der Waals surface area contributed by atoms with Crippen molar-refractivity contribution in [1.29, 1.82) is 0 Å². The number of halogens is 1. The van der Waals surface area contributed by atoms with E-state index in [0.29, 0.717) is 12.0 Å². The molecule has 1 unspecified atom stereocenters. The fourth-order valence-corrected chi connectivity index (χ4v) is 2.58. The van der Waals surface area contributed by atoms with Crippen molar-refractivity contribution in [3.05, 3.63) is 29.8 Å². The van der Waals surface area contributed by atoms with Gasteiger partial charge in [-0.05, 0) is 30.9 Å². The molecule has 1 aromatic rings. The van der Waals surface area contributed by atoms with Crippen molar-refractivity contribution in [3.63, 3.8) is 0 Å². The van der Waals surface area contributed by atoms with Gasteiger partial charge in [0.15, 0.2) is 0 Å². The zero-order valence-electron chi connectivity index (χ0n) is 10.4. The van der Waals surface area contributed by atoms with E-state index in [9.17, 15) is 0 Å². The van der Waals surface area contributed by atoms with Gasteiger partial charge in [0.1, 0.15) is 0 Å². The van der Waals surface area contributed by atoms with Crippen LogP contribution in [0.25, 0.3) is 0 Å². The molecular weight excluding hydrogens is 234 g/mol. The van der Waals surface area contributed by atoms with Crippen LogP contribution in [0.3, 0.4) is 0 Å². The largest absolute Gasteiger partial charge is 0.376 e. The summed E-state index contributed by atoms with van der Waals surface area (Å²) in [6, 6.07) is 8.30. The van der Waals surface area contributed by atoms with Crippen LogP contribution in [-0.2, 0) is 10.6 Å². The topological polar surface area (TPSA) is 12.5 Å². The fourth-order valence-electron chi connectivity index (χ4n) is 2.35. The number of benzene rings is 1. The lowest BCUT2D eigenvalue weighted by molar-refractivity contribution is 0.0216. The molecule has 94 valence electrons. The molecule has 2 rings (SSSR count). The number of hydrogen-bond donors (Lipinski definition) is 0. The number of para-hydroxylation sites is 1. The predicted octanol–water partition coefficient (Wildman–Crippen LogP) is 3.43. The second-order valence-electron chi connectivity index (χ2n) is 4.63. The Morgan fingerprint density at radius 2 is 2.18 bits per heavy atom. The lowest BCUT2D eigenvalue weighted by Gasteiger charge is -2.29. The van der Waals surface area contributed by atoms with Gasteiger partial charge < -0.3 is 9.64 Å². The van der Waals surface area contributed by atoms with E-state index in [1.54, 1.807) is 0 Å². The molecule has 0 spiro atoms. The van der Waals surface area contributed by atoms with Crippen LogP contribution in [0.1, 0.15) is 24.8 Å². The van der Waals surface area contributed by atoms with E-state index in [0.717, 1.165) is 13.2 Å². The van der Waals surface area contributed by atoms with E-state index >= 15 is 0 Å². The summed E-state index contributed by atoms with van der Waals surface area (Å²) in [5, 5.41) is 0. The second-order valence-corrected chi connectivity index (χ2v) is 4.90. The van der Waals surface area contributed by atoms with E-state index < -0.39 is 0 Å². The molecule has 0 aromatic heterocycles. The van der Waals surface area contributed by atoms with E-state index in [-0.39, 0.29) is 0 Å². The first-order valence-electron chi connectivity index (χ1n) is 6.28. The monoisotopic (exact) mass is 253 g/mol. The van der Waals surface area contributed by atoms with Crippen LogP contribution in [0.4, 0.5) is 5.69 Å². The van der Waals surface area contributed by atoms with E-state index in [1.807, 2.05) is 6.07 Å². The average molecular weight is 254 g/mol. The summed E-state index contributed by atoms with van der Waals surface area (Å²) in [5.41, 5.74) is 2.41. The molecule has 1 aromatic carbocycles. The van der Waals surface area contributed by atoms with Crippen LogP contribution in [-0.4, -0.2) is 26.3 Å². The molecule has 1 atom stereocenters. The summed E-state index contributed by atoms with van der Waals surface area (Å²) in [5.74, 6) is 0.562. The van der Waals surface area contributed by atoms with E-state index in [4.69, 9.17) is 16.3 Å². The number of nitrogens with zero attached hydrogens (tertiary/aromatic N) is 1. The van der Waals surface area contributed by atoms with Crippen LogP contribution < -0.4 is 4.90 Å². The Balaban J connectivity index is 2.00. The Kier molecular flexibility index (Phi) is 4.69. The molecule has 0 saturated carbocycles. The highest BCUT2D eigenvalue weighted by molar-refractivity contribution is 6.17. The number of alkyl halides is 1. The third-order valence-corrected chi connectivity index (χ3v) is 3.59. The summed E-state index contributed by atoms with van der Waals surface area (Å²) < 4.78 is 5.77. The van der Waals surface area contributed by atoms with E-state index in [2.05, 4.69) is 30.1 Å². The average Bonchev–Trinajstić information content (AvgIpc) is 2.40. The minimum atomic E-state index is 0.372. The maximum atomic E-state index is 5.96. The summed E-state index contributed by atoms with van der Waals surface area (Å²) in [7, 11) is 2.11. The first kappa shape index (κ1) is 12.7. The smallest absolute Gasteiger partial charge is 0.0749 e. The molecule has 0 N–H and O–H groups in total. The normalized spacial score (nSPS) is 20.2. The van der Waals surface area contributed by atoms with Crippen molar-refractivity contribution in [2.75, 3.05) is 25.1 Å². The van der Waals surface area contributed by atoms with Gasteiger partial charge >= 0.3 is 0 Å². The van der Waals surface area contributed by atoms with Crippen LogP contribution in [0.15, 0.2) is 24.3 Å². The molecule has 0 aliphatic carbocycles. The zero-order valence-corrected chi connectivity index (χ0v) is 11.1. The molecule has 0 radical (unpaired) electrons. The third kappa shape index (κ3) is 3.36. The maximum absolute atomic E-state index is 5.96. The number of ether oxygens (including phenoxy) is 1. The van der Waals surface area contributed by atoms with Crippen LogP contribution in [0.2, 0.25) is 0 Å². The first-order chi connectivity index (χ1) is 8.31. The van der Waals surface area contributed by atoms with Gasteiger partial charge in [-0.25, -0.2) is 0 Å². The standard InChI is InChI=1S/C14H20ClNO/c1-16(11-13-7-4-5-9-17-13)14-8-3-2-6-12(14)10-15/h2-3,6,8,13H,4-5,7,9-11H2,1H3. The summed E-state index contributed by atoms with van der Waals surface area (Å²) in [6.07, 6.45) is 4.04. The highest BCUT2D eigenvalue weighted by Crippen LogP contribution is 2.23. The highest BCUT2D eigenvalue weighted by Gasteiger charge is 2.17. The van der Waals surface area contributed by atoms with Gasteiger partial charge in [-0.3, -0.25) is 0 Å². The lowest BCUT2D eigenvalue weighted by Crippen LogP contribution is -2.33. The first-order valence-corrected chi connectivity index (χ1v) is 6.81. The maximum Gasteiger partial charge on any atom is 0.0749 e. The quantitative estimate of drug-likeness (QED) is 0.763. The zero-order chi connectivity index (χ0) is 12.1. The van der Waals surface area contributed by atoms with Gasteiger partial charge in [-0.15, -0.1) is 11.6 Å². The van der Waals surface area contributed by atoms with Gasteiger partial charge in [-0.1, -0.05) is 18.2 Å². The lowest BCUT2D eigenvalue weighted by atomic mass is 10.1. The molecule has 0 bridgehead atoms. The molecule has 1 saturated heterocycles. The highest BCUT2D eigenvalue weighted by atomic mass is 35.5. The van der Waals surface area contributed by atoms with Gasteiger partial charge in [0.05, 0.1) is 6.10 Å². The third-order valence-electron chi connectivity index (χ3n) is 3.30. The summed E-state index contributed by atoms with van der Waals surface area (Å²) in [6.45, 7) is 1.86. The molecule has 0 amide bonds. The fraction of sp³-hybridized carbons (Fsp3) is 0.571. The van der Waals surface area contributed by atoms with Crippen LogP contribution >= 0.6 is 11.6 Å². The van der Waals surface area contributed by atoms with Gasteiger partial charge in [-0.2, -0.15) is 0 Å². The van der Waals surface area contributed by atoms with Gasteiger partial charge in [0.25, 0.3) is 0 Å². The van der Waals surface area contributed by atoms with E-state index in [1.165, 1.54) is 30.5 Å². The van der Waals surface area contributed by atoms with Crippen molar-refractivity contribution >= 4 is 17.3 Å². The Bertz CT molecular complexity index is 350. The van der Waals surface area contributed by atoms with Crippen molar-refractivity contribution < 1.29 is 4.74 Å². The Morgan fingerprint density at radius 1 is 1.35 bits per heavy atom. The Labute approximate surface area is 109 Å². The number of rotatable bonds is 4. The number of anilines is 1.